The van der Waals surface area contributed by atoms with E-state index >= 15 is 0 Å². The summed E-state index contributed by atoms with van der Waals surface area (Å²) in [5, 5.41) is 0. The van der Waals surface area contributed by atoms with Crippen molar-refractivity contribution < 1.29 is 8.78 Å². The lowest BCUT2D eigenvalue weighted by Gasteiger charge is -2.13. The van der Waals surface area contributed by atoms with E-state index in [1.165, 1.54) is 0 Å². The number of hydrogen-bond acceptors (Lipinski definition) is 1. The Hall–Kier alpha value is -0.150. The molecule has 0 saturated heterocycles. The van der Waals surface area contributed by atoms with Gasteiger partial charge in [0.1, 0.15) is 0 Å². The smallest absolute Gasteiger partial charge is 0.245 e. The van der Waals surface area contributed by atoms with Gasteiger partial charge in [0.15, 0.2) is 0 Å². The minimum Gasteiger partial charge on any atom is -0.327 e. The Morgan fingerprint density at radius 1 is 1.58 bits per heavy atom. The van der Waals surface area contributed by atoms with Crippen molar-refractivity contribution >= 4 is 12.4 Å². The normalized spacial score (nSPS) is 13.3. The lowest BCUT2D eigenvalue weighted by molar-refractivity contribution is 0.00933. The highest BCUT2D eigenvalue weighted by Crippen LogP contribution is 2.19. The Labute approximate surface area is 78.4 Å². The van der Waals surface area contributed by atoms with Gasteiger partial charge in [-0.15, -0.1) is 19.0 Å². The number of rotatable bonds is 5. The Balaban J connectivity index is 0. The highest BCUT2D eigenvalue weighted by Gasteiger charge is 2.21. The average molecular weight is 200 g/mol. The SMILES string of the molecule is C=CC[C@@H](N)CCC(C)(F)F.Cl. The first-order chi connectivity index (χ1) is 4.95. The molecular formula is C8H16ClF2N. The Bertz CT molecular complexity index is 123. The van der Waals surface area contributed by atoms with E-state index < -0.39 is 5.92 Å². The largest absolute Gasteiger partial charge is 0.327 e. The predicted octanol–water partition coefficient (Wildman–Crippen LogP) is 2.75. The standard InChI is InChI=1S/C8H15F2N.ClH/c1-3-4-7(11)5-6-8(2,9)10;/h3,7H,1,4-6,11H2,2H3;1H/t7-;/m1./s1. The van der Waals surface area contributed by atoms with E-state index in [-0.39, 0.29) is 24.9 Å². The van der Waals surface area contributed by atoms with Gasteiger partial charge in [-0.25, -0.2) is 8.78 Å². The van der Waals surface area contributed by atoms with Crippen LogP contribution in [0.4, 0.5) is 8.78 Å². The predicted molar refractivity (Wildman–Crippen MR) is 49.9 cm³/mol. The molecule has 0 aromatic heterocycles. The van der Waals surface area contributed by atoms with E-state index in [1.54, 1.807) is 6.08 Å². The molecule has 0 aliphatic rings. The third kappa shape index (κ3) is 9.85. The summed E-state index contributed by atoms with van der Waals surface area (Å²) in [5.74, 6) is -2.58. The zero-order valence-electron chi connectivity index (χ0n) is 7.22. The Morgan fingerprint density at radius 2 is 2.08 bits per heavy atom. The van der Waals surface area contributed by atoms with Gasteiger partial charge in [0, 0.05) is 12.5 Å². The van der Waals surface area contributed by atoms with Crippen LogP contribution >= 0.6 is 12.4 Å². The molecule has 0 bridgehead atoms. The second-order valence-corrected chi connectivity index (χ2v) is 2.89. The fraction of sp³-hybridized carbons (Fsp3) is 0.750. The molecule has 0 fully saturated rings. The maximum atomic E-state index is 12.2. The molecule has 0 aliphatic heterocycles. The van der Waals surface area contributed by atoms with Crippen molar-refractivity contribution in [1.82, 2.24) is 0 Å². The number of nitrogens with two attached hydrogens (primary N) is 1. The third-order valence-electron chi connectivity index (χ3n) is 1.42. The minimum absolute atomic E-state index is 0. The zero-order valence-corrected chi connectivity index (χ0v) is 8.04. The van der Waals surface area contributed by atoms with Crippen LogP contribution in [-0.2, 0) is 0 Å². The van der Waals surface area contributed by atoms with Crippen LogP contribution in [0.2, 0.25) is 0 Å². The first-order valence-corrected chi connectivity index (χ1v) is 3.70. The molecule has 2 N–H and O–H groups in total. The van der Waals surface area contributed by atoms with E-state index in [2.05, 4.69) is 6.58 Å². The van der Waals surface area contributed by atoms with Gasteiger partial charge < -0.3 is 5.73 Å². The van der Waals surface area contributed by atoms with Crippen molar-refractivity contribution in [3.8, 4) is 0 Å². The van der Waals surface area contributed by atoms with E-state index in [1.807, 2.05) is 0 Å². The quantitative estimate of drug-likeness (QED) is 0.677. The summed E-state index contributed by atoms with van der Waals surface area (Å²) < 4.78 is 24.5. The van der Waals surface area contributed by atoms with Crippen molar-refractivity contribution in [2.24, 2.45) is 5.73 Å². The van der Waals surface area contributed by atoms with Crippen molar-refractivity contribution in [2.45, 2.75) is 38.2 Å². The van der Waals surface area contributed by atoms with Gasteiger partial charge in [0.2, 0.25) is 5.92 Å². The molecule has 0 aliphatic carbocycles. The summed E-state index contributed by atoms with van der Waals surface area (Å²) in [7, 11) is 0. The number of hydrogen-bond donors (Lipinski definition) is 1. The molecule has 0 saturated carbocycles. The van der Waals surface area contributed by atoms with Crippen molar-refractivity contribution in [2.75, 3.05) is 0 Å². The summed E-state index contributed by atoms with van der Waals surface area (Å²) >= 11 is 0. The highest BCUT2D eigenvalue weighted by atomic mass is 35.5. The van der Waals surface area contributed by atoms with Crippen molar-refractivity contribution in [3.05, 3.63) is 12.7 Å². The molecule has 0 heterocycles. The monoisotopic (exact) mass is 199 g/mol. The lowest BCUT2D eigenvalue weighted by Crippen LogP contribution is -2.22. The van der Waals surface area contributed by atoms with E-state index in [4.69, 9.17) is 5.73 Å². The van der Waals surface area contributed by atoms with Crippen LogP contribution in [0.3, 0.4) is 0 Å². The summed E-state index contributed by atoms with van der Waals surface area (Å²) in [6, 6.07) is -0.168. The minimum atomic E-state index is -2.58. The molecule has 0 spiro atoms. The van der Waals surface area contributed by atoms with E-state index in [0.29, 0.717) is 12.8 Å². The Kier molecular flexibility index (Phi) is 7.64. The third-order valence-corrected chi connectivity index (χ3v) is 1.42. The molecule has 0 aromatic carbocycles. The summed E-state index contributed by atoms with van der Waals surface area (Å²) in [4.78, 5) is 0. The summed E-state index contributed by atoms with van der Waals surface area (Å²) in [6.07, 6.45) is 2.48. The van der Waals surface area contributed by atoms with Crippen molar-refractivity contribution in [1.29, 1.82) is 0 Å². The second kappa shape index (κ2) is 6.38. The molecule has 0 amide bonds. The van der Waals surface area contributed by atoms with Crippen LogP contribution < -0.4 is 5.73 Å². The fourth-order valence-corrected chi connectivity index (χ4v) is 0.771. The van der Waals surface area contributed by atoms with E-state index in [0.717, 1.165) is 6.92 Å². The van der Waals surface area contributed by atoms with Gasteiger partial charge in [0.05, 0.1) is 0 Å². The fourth-order valence-electron chi connectivity index (χ4n) is 0.771. The molecule has 12 heavy (non-hydrogen) atoms. The van der Waals surface area contributed by atoms with Gasteiger partial charge in [-0.05, 0) is 19.8 Å². The molecule has 1 atom stereocenters. The van der Waals surface area contributed by atoms with Crippen LogP contribution in [0.1, 0.15) is 26.2 Å². The van der Waals surface area contributed by atoms with Crippen LogP contribution in [-0.4, -0.2) is 12.0 Å². The first-order valence-electron chi connectivity index (χ1n) is 3.70. The molecule has 0 radical (unpaired) electrons. The van der Waals surface area contributed by atoms with Crippen LogP contribution in [0.25, 0.3) is 0 Å². The maximum absolute atomic E-state index is 12.2. The second-order valence-electron chi connectivity index (χ2n) is 2.89. The molecule has 74 valence electrons. The molecule has 1 nitrogen and oxygen atoms in total. The summed E-state index contributed by atoms with van der Waals surface area (Å²) in [6.45, 7) is 4.39. The highest BCUT2D eigenvalue weighted by molar-refractivity contribution is 5.85. The molecule has 4 heteroatoms. The zero-order chi connectivity index (χ0) is 8.91. The van der Waals surface area contributed by atoms with Gasteiger partial charge in [-0.1, -0.05) is 6.08 Å². The molecule has 0 unspecified atom stereocenters. The first kappa shape index (κ1) is 14.4. The Morgan fingerprint density at radius 3 is 2.42 bits per heavy atom. The summed E-state index contributed by atoms with van der Waals surface area (Å²) in [5.41, 5.74) is 5.49. The molecule has 0 aromatic rings. The van der Waals surface area contributed by atoms with Crippen LogP contribution in [0.5, 0.6) is 0 Å². The lowest BCUT2D eigenvalue weighted by atomic mass is 10.1. The number of halogens is 3. The van der Waals surface area contributed by atoms with Crippen LogP contribution in [0, 0.1) is 0 Å². The van der Waals surface area contributed by atoms with Gasteiger partial charge in [-0.2, -0.15) is 0 Å². The molecular weight excluding hydrogens is 184 g/mol. The van der Waals surface area contributed by atoms with Crippen LogP contribution in [0.15, 0.2) is 12.7 Å². The van der Waals surface area contributed by atoms with Gasteiger partial charge >= 0.3 is 0 Å². The maximum Gasteiger partial charge on any atom is 0.245 e. The van der Waals surface area contributed by atoms with Gasteiger partial charge in [0.25, 0.3) is 0 Å². The topological polar surface area (TPSA) is 26.0 Å². The number of alkyl halides is 2. The molecule has 0 rings (SSSR count). The van der Waals surface area contributed by atoms with Crippen molar-refractivity contribution in [3.63, 3.8) is 0 Å². The average Bonchev–Trinajstić information content (AvgIpc) is 1.83. The van der Waals surface area contributed by atoms with Gasteiger partial charge in [-0.3, -0.25) is 0 Å². The van der Waals surface area contributed by atoms with E-state index in [9.17, 15) is 8.78 Å².